The standard InChI is InChI=1S/C15H11ClF3N5O2/c1-7(13(25)26)21-11-10-6-20-24(9-4-2-3-8(16)5-9)12(10)23-14(22-11)15(17,18)19/h2-7H,1H3,(H,25,26)(H,21,22,23)/t7-/m1/s1. The summed E-state index contributed by atoms with van der Waals surface area (Å²) in [5, 5.41) is 16.0. The van der Waals surface area contributed by atoms with E-state index >= 15 is 0 Å². The van der Waals surface area contributed by atoms with Crippen molar-refractivity contribution in [3.63, 3.8) is 0 Å². The fourth-order valence-electron chi connectivity index (χ4n) is 2.21. The molecule has 0 amide bonds. The fraction of sp³-hybridized carbons (Fsp3) is 0.200. The zero-order chi connectivity index (χ0) is 19.1. The third-order valence-corrected chi connectivity index (χ3v) is 3.69. The number of fused-ring (bicyclic) bond motifs is 1. The van der Waals surface area contributed by atoms with Crippen molar-refractivity contribution in [1.29, 1.82) is 0 Å². The first-order valence-electron chi connectivity index (χ1n) is 7.25. The summed E-state index contributed by atoms with van der Waals surface area (Å²) in [5.74, 6) is -2.92. The number of aliphatic carboxylic acids is 1. The van der Waals surface area contributed by atoms with Gasteiger partial charge in [-0.05, 0) is 25.1 Å². The van der Waals surface area contributed by atoms with Crippen LogP contribution in [-0.4, -0.2) is 36.9 Å². The lowest BCUT2D eigenvalue weighted by Gasteiger charge is -2.13. The predicted octanol–water partition coefficient (Wildman–Crippen LogP) is 3.37. The highest BCUT2D eigenvalue weighted by atomic mass is 35.5. The van der Waals surface area contributed by atoms with Crippen LogP contribution in [-0.2, 0) is 11.0 Å². The molecule has 2 heterocycles. The van der Waals surface area contributed by atoms with E-state index in [2.05, 4.69) is 20.4 Å². The average molecular weight is 386 g/mol. The molecule has 11 heteroatoms. The minimum Gasteiger partial charge on any atom is -0.480 e. The molecular weight excluding hydrogens is 375 g/mol. The van der Waals surface area contributed by atoms with Crippen molar-refractivity contribution in [3.8, 4) is 5.69 Å². The summed E-state index contributed by atoms with van der Waals surface area (Å²) in [6.45, 7) is 1.28. The molecule has 2 aromatic heterocycles. The molecule has 0 aliphatic heterocycles. The van der Waals surface area contributed by atoms with Gasteiger partial charge >= 0.3 is 12.1 Å². The van der Waals surface area contributed by atoms with Crippen LogP contribution in [0.5, 0.6) is 0 Å². The summed E-state index contributed by atoms with van der Waals surface area (Å²) < 4.78 is 40.7. The molecular formula is C15H11ClF3N5O2. The van der Waals surface area contributed by atoms with E-state index in [4.69, 9.17) is 16.7 Å². The van der Waals surface area contributed by atoms with Gasteiger partial charge in [-0.3, -0.25) is 4.79 Å². The maximum Gasteiger partial charge on any atom is 0.451 e. The van der Waals surface area contributed by atoms with Gasteiger partial charge in [0.25, 0.3) is 0 Å². The summed E-state index contributed by atoms with van der Waals surface area (Å²) in [4.78, 5) is 18.0. The average Bonchev–Trinajstić information content (AvgIpc) is 2.98. The molecule has 0 saturated heterocycles. The van der Waals surface area contributed by atoms with Crippen LogP contribution in [0.4, 0.5) is 19.0 Å². The van der Waals surface area contributed by atoms with Crippen LogP contribution in [0.1, 0.15) is 12.7 Å². The number of nitrogens with zero attached hydrogens (tertiary/aromatic N) is 4. The number of hydrogen-bond donors (Lipinski definition) is 2. The summed E-state index contributed by atoms with van der Waals surface area (Å²) in [5.41, 5.74) is 0.270. The van der Waals surface area contributed by atoms with Crippen LogP contribution in [0, 0.1) is 0 Å². The van der Waals surface area contributed by atoms with Gasteiger partial charge in [0.2, 0.25) is 5.82 Å². The Morgan fingerprint density at radius 2 is 2.08 bits per heavy atom. The van der Waals surface area contributed by atoms with Crippen molar-refractivity contribution in [2.45, 2.75) is 19.1 Å². The summed E-state index contributed by atoms with van der Waals surface area (Å²) in [6, 6.07) is 5.16. The second kappa shape index (κ2) is 6.45. The number of carbonyl (C=O) groups is 1. The first-order chi connectivity index (χ1) is 12.2. The second-order valence-electron chi connectivity index (χ2n) is 5.37. The zero-order valence-electron chi connectivity index (χ0n) is 13.1. The van der Waals surface area contributed by atoms with Crippen molar-refractivity contribution >= 4 is 34.4 Å². The quantitative estimate of drug-likeness (QED) is 0.715. The van der Waals surface area contributed by atoms with Crippen LogP contribution >= 0.6 is 11.6 Å². The number of rotatable bonds is 4. The number of carboxylic acid groups (broad SMARTS) is 1. The number of halogens is 4. The largest absolute Gasteiger partial charge is 0.480 e. The summed E-state index contributed by atoms with van der Waals surface area (Å²) >= 11 is 5.92. The molecule has 0 aliphatic rings. The minimum atomic E-state index is -4.82. The van der Waals surface area contributed by atoms with Gasteiger partial charge in [0.15, 0.2) is 5.65 Å². The monoisotopic (exact) mass is 385 g/mol. The number of nitrogens with one attached hydrogen (secondary N) is 1. The Bertz CT molecular complexity index is 989. The molecule has 0 spiro atoms. The first-order valence-corrected chi connectivity index (χ1v) is 7.63. The highest BCUT2D eigenvalue weighted by Crippen LogP contribution is 2.31. The lowest BCUT2D eigenvalue weighted by atomic mass is 10.3. The smallest absolute Gasteiger partial charge is 0.451 e. The number of hydrogen-bond acceptors (Lipinski definition) is 5. The van der Waals surface area contributed by atoms with Gasteiger partial charge in [0.05, 0.1) is 17.3 Å². The molecule has 136 valence electrons. The van der Waals surface area contributed by atoms with Gasteiger partial charge < -0.3 is 10.4 Å². The van der Waals surface area contributed by atoms with E-state index in [9.17, 15) is 18.0 Å². The molecule has 1 atom stereocenters. The fourth-order valence-corrected chi connectivity index (χ4v) is 2.39. The Morgan fingerprint density at radius 1 is 1.35 bits per heavy atom. The predicted molar refractivity (Wildman–Crippen MR) is 87.4 cm³/mol. The molecule has 3 rings (SSSR count). The van der Waals surface area contributed by atoms with Crippen molar-refractivity contribution in [1.82, 2.24) is 19.7 Å². The normalized spacial score (nSPS) is 13.0. The zero-order valence-corrected chi connectivity index (χ0v) is 13.9. The maximum atomic E-state index is 13.2. The van der Waals surface area contributed by atoms with Gasteiger partial charge in [-0.15, -0.1) is 0 Å². The van der Waals surface area contributed by atoms with E-state index in [1.807, 2.05) is 0 Å². The molecule has 0 radical (unpaired) electrons. The highest BCUT2D eigenvalue weighted by molar-refractivity contribution is 6.30. The molecule has 0 aliphatic carbocycles. The van der Waals surface area contributed by atoms with Gasteiger partial charge in [-0.25, -0.2) is 14.6 Å². The van der Waals surface area contributed by atoms with Gasteiger partial charge in [0.1, 0.15) is 11.9 Å². The maximum absolute atomic E-state index is 13.2. The molecule has 1 aromatic carbocycles. The third kappa shape index (κ3) is 3.40. The Hall–Kier alpha value is -2.88. The van der Waals surface area contributed by atoms with Gasteiger partial charge in [0, 0.05) is 5.02 Å². The van der Waals surface area contributed by atoms with E-state index in [-0.39, 0.29) is 16.9 Å². The first kappa shape index (κ1) is 17.9. The molecule has 0 unspecified atom stereocenters. The number of anilines is 1. The molecule has 2 N–H and O–H groups in total. The molecule has 3 aromatic rings. The Balaban J connectivity index is 2.23. The van der Waals surface area contributed by atoms with E-state index in [1.165, 1.54) is 23.9 Å². The Labute approximate surface area is 149 Å². The topological polar surface area (TPSA) is 92.9 Å². The van der Waals surface area contributed by atoms with Crippen molar-refractivity contribution in [2.24, 2.45) is 0 Å². The van der Waals surface area contributed by atoms with Crippen LogP contribution in [0.15, 0.2) is 30.5 Å². The van der Waals surface area contributed by atoms with Crippen molar-refractivity contribution < 1.29 is 23.1 Å². The SMILES string of the molecule is C[C@@H](Nc1nc(C(F)(F)F)nc2c1cnn2-c1cccc(Cl)c1)C(=O)O. The van der Waals surface area contributed by atoms with Crippen LogP contribution in [0.25, 0.3) is 16.7 Å². The molecule has 0 saturated carbocycles. The second-order valence-corrected chi connectivity index (χ2v) is 5.81. The van der Waals surface area contributed by atoms with Gasteiger partial charge in [-0.1, -0.05) is 17.7 Å². The number of alkyl halides is 3. The number of benzene rings is 1. The van der Waals surface area contributed by atoms with E-state index in [1.54, 1.807) is 18.2 Å². The minimum absolute atomic E-state index is 0.130. The molecule has 26 heavy (non-hydrogen) atoms. The summed E-state index contributed by atoms with van der Waals surface area (Å²) in [7, 11) is 0. The number of aromatic nitrogens is 4. The van der Waals surface area contributed by atoms with Crippen LogP contribution < -0.4 is 5.32 Å². The molecule has 0 fully saturated rings. The van der Waals surface area contributed by atoms with E-state index in [0.29, 0.717) is 10.7 Å². The molecule has 7 nitrogen and oxygen atoms in total. The van der Waals surface area contributed by atoms with Crippen molar-refractivity contribution in [3.05, 3.63) is 41.3 Å². The van der Waals surface area contributed by atoms with E-state index < -0.39 is 24.0 Å². The molecule has 0 bridgehead atoms. The van der Waals surface area contributed by atoms with Crippen LogP contribution in [0.3, 0.4) is 0 Å². The summed E-state index contributed by atoms with van der Waals surface area (Å²) in [6.07, 6.45) is -3.56. The third-order valence-electron chi connectivity index (χ3n) is 3.46. The van der Waals surface area contributed by atoms with Crippen molar-refractivity contribution in [2.75, 3.05) is 5.32 Å². The Kier molecular flexibility index (Phi) is 4.45. The Morgan fingerprint density at radius 3 is 2.69 bits per heavy atom. The lowest BCUT2D eigenvalue weighted by molar-refractivity contribution is -0.144. The van der Waals surface area contributed by atoms with Gasteiger partial charge in [-0.2, -0.15) is 18.3 Å². The van der Waals surface area contributed by atoms with Crippen LogP contribution in [0.2, 0.25) is 5.02 Å². The number of carboxylic acids is 1. The lowest BCUT2D eigenvalue weighted by Crippen LogP contribution is -2.26. The highest BCUT2D eigenvalue weighted by Gasteiger charge is 2.36. The van der Waals surface area contributed by atoms with E-state index in [0.717, 1.165) is 0 Å².